The highest BCUT2D eigenvalue weighted by atomic mass is 35.5. The quantitative estimate of drug-likeness (QED) is 0.101. The summed E-state index contributed by atoms with van der Waals surface area (Å²) in [6.45, 7) is 2.94. The number of hydrogen-bond acceptors (Lipinski definition) is 11. The second-order valence-electron chi connectivity index (χ2n) is 15.4. The van der Waals surface area contributed by atoms with Crippen LogP contribution in [0.25, 0.3) is 11.1 Å². The van der Waals surface area contributed by atoms with E-state index in [1.165, 1.54) is 13.8 Å². The fourth-order valence-corrected chi connectivity index (χ4v) is 11.0. The number of carboxylic acids is 1. The monoisotopic (exact) mass is 951 g/mol. The first-order valence-electron chi connectivity index (χ1n) is 20.2. The molecule has 3 N–H and O–H groups in total. The van der Waals surface area contributed by atoms with Crippen molar-refractivity contribution in [2.45, 2.75) is 62.2 Å². The molecule has 0 radical (unpaired) electrons. The largest absolute Gasteiger partial charge is 0.489 e. The van der Waals surface area contributed by atoms with Crippen LogP contribution >= 0.6 is 34.5 Å². The van der Waals surface area contributed by atoms with Crippen LogP contribution in [0.5, 0.6) is 17.2 Å². The van der Waals surface area contributed by atoms with Gasteiger partial charge in [-0.2, -0.15) is 9.57 Å². The molecule has 0 fully saturated rings. The highest BCUT2D eigenvalue weighted by Crippen LogP contribution is 2.42. The molecule has 2 aliphatic heterocycles. The maximum atomic E-state index is 14.6. The van der Waals surface area contributed by atoms with Crippen LogP contribution in [0.1, 0.15) is 52.1 Å². The number of anilines is 1. The number of aliphatic carboxylic acids is 1. The summed E-state index contributed by atoms with van der Waals surface area (Å²) < 4.78 is 48.7. The SMILES string of the molecule is CC(=O)Nc1nc(C)c(S(=O)(=O)N2Cc3cc4c(cc3C[C@H]2C(=O)NC(Cc2ccc(-c3ccc(C#N)cc3)cc2)C(=O)O)OC[C@@H](c2ccc(OCc3ccc(Cl)c(Cl)c3)cc2)O4)s1. The number of aromatic nitrogens is 1. The molecule has 18 heteroatoms. The molecule has 3 heterocycles. The predicted molar refractivity (Wildman–Crippen MR) is 244 cm³/mol. The van der Waals surface area contributed by atoms with E-state index in [2.05, 4.69) is 21.7 Å². The van der Waals surface area contributed by atoms with Gasteiger partial charge in [0.05, 0.1) is 27.4 Å². The third kappa shape index (κ3) is 10.1. The smallest absolute Gasteiger partial charge is 0.326 e. The van der Waals surface area contributed by atoms with E-state index in [9.17, 15) is 27.9 Å². The molecule has 0 saturated carbocycles. The Morgan fingerprint density at radius 2 is 1.62 bits per heavy atom. The Morgan fingerprint density at radius 3 is 2.28 bits per heavy atom. The summed E-state index contributed by atoms with van der Waals surface area (Å²) in [5, 5.41) is 25.6. The number of carboxylic acid groups (broad SMARTS) is 1. The standard InChI is InChI=1S/C47H39Cl2N5O9S2/c1-26-46(64-47(51-26)52-27(2)55)65(59,60)54-23-35-21-42-41(62-25-43(63-42)33-12-14-36(15-13-33)61-24-30-7-16-37(48)38(49)17-30)20-34(35)19-40(54)44(56)53-39(45(57)58)18-28-3-8-31(9-4-28)32-10-5-29(22-50)6-11-32/h3-17,20-21,39-40,43H,18-19,23-25H2,1-2H3,(H,53,56)(H,57,58)(H,51,52,55)/t39?,40-,43-/m0/s1. The van der Waals surface area contributed by atoms with Crippen molar-refractivity contribution in [2.75, 3.05) is 11.9 Å². The fraction of sp³-hybridized carbons (Fsp3) is 0.213. The summed E-state index contributed by atoms with van der Waals surface area (Å²) in [5.41, 5.74) is 5.80. The molecule has 0 saturated heterocycles. The Labute approximate surface area is 388 Å². The minimum atomic E-state index is -4.49. The van der Waals surface area contributed by atoms with Gasteiger partial charge in [0, 0.05) is 19.9 Å². The number of amides is 2. The molecule has 0 spiro atoms. The van der Waals surface area contributed by atoms with Crippen molar-refractivity contribution >= 4 is 67.5 Å². The number of rotatable bonds is 13. The van der Waals surface area contributed by atoms with Crippen molar-refractivity contribution in [3.63, 3.8) is 0 Å². The number of aryl methyl sites for hydroxylation is 1. The Kier molecular flexibility index (Phi) is 13.1. The topological polar surface area (TPSA) is 197 Å². The van der Waals surface area contributed by atoms with Crippen molar-refractivity contribution < 1.29 is 42.1 Å². The Bertz CT molecular complexity index is 2960. The minimum Gasteiger partial charge on any atom is -0.489 e. The van der Waals surface area contributed by atoms with Crippen molar-refractivity contribution in [1.29, 1.82) is 5.26 Å². The molecule has 1 aromatic heterocycles. The van der Waals surface area contributed by atoms with E-state index < -0.39 is 46.0 Å². The molecule has 6 aromatic rings. The maximum Gasteiger partial charge on any atom is 0.326 e. The van der Waals surface area contributed by atoms with Gasteiger partial charge in [-0.25, -0.2) is 18.2 Å². The van der Waals surface area contributed by atoms with Crippen LogP contribution < -0.4 is 24.8 Å². The van der Waals surface area contributed by atoms with Gasteiger partial charge in [-0.05, 0) is 101 Å². The molecule has 0 bridgehead atoms. The zero-order valence-electron chi connectivity index (χ0n) is 34.7. The van der Waals surface area contributed by atoms with Gasteiger partial charge in [0.2, 0.25) is 11.8 Å². The maximum absolute atomic E-state index is 14.6. The molecule has 8 rings (SSSR count). The van der Waals surface area contributed by atoms with E-state index in [4.69, 9.17) is 42.7 Å². The van der Waals surface area contributed by atoms with Crippen LogP contribution in [0.15, 0.2) is 107 Å². The zero-order chi connectivity index (χ0) is 46.0. The summed E-state index contributed by atoms with van der Waals surface area (Å²) >= 11 is 12.9. The van der Waals surface area contributed by atoms with E-state index in [0.717, 1.165) is 37.9 Å². The van der Waals surface area contributed by atoms with Crippen LogP contribution in [-0.4, -0.2) is 59.3 Å². The summed E-state index contributed by atoms with van der Waals surface area (Å²) in [6, 6.07) is 29.5. The molecular formula is C47H39Cl2N5O9S2. The highest BCUT2D eigenvalue weighted by Gasteiger charge is 2.43. The fourth-order valence-electron chi connectivity index (χ4n) is 7.55. The van der Waals surface area contributed by atoms with Gasteiger partial charge in [0.25, 0.3) is 10.0 Å². The summed E-state index contributed by atoms with van der Waals surface area (Å²) in [7, 11) is -4.49. The Balaban J connectivity index is 1.03. The van der Waals surface area contributed by atoms with Gasteiger partial charge in [-0.1, -0.05) is 89.1 Å². The van der Waals surface area contributed by atoms with Gasteiger partial charge in [-0.3, -0.25) is 9.59 Å². The average molecular weight is 953 g/mol. The summed E-state index contributed by atoms with van der Waals surface area (Å²) in [4.78, 5) is 43.1. The van der Waals surface area contributed by atoms with Gasteiger partial charge in [0.15, 0.2) is 26.9 Å². The number of nitriles is 1. The van der Waals surface area contributed by atoms with Crippen LogP contribution in [0, 0.1) is 18.3 Å². The van der Waals surface area contributed by atoms with Crippen molar-refractivity contribution in [3.8, 4) is 34.4 Å². The summed E-state index contributed by atoms with van der Waals surface area (Å²) in [6.07, 6.45) is -0.724. The van der Waals surface area contributed by atoms with Crippen LogP contribution in [0.4, 0.5) is 5.13 Å². The van der Waals surface area contributed by atoms with Crippen LogP contribution in [0.3, 0.4) is 0 Å². The first-order valence-corrected chi connectivity index (χ1v) is 23.2. The molecule has 332 valence electrons. The second-order valence-corrected chi connectivity index (χ2v) is 19.3. The van der Waals surface area contributed by atoms with E-state index >= 15 is 0 Å². The number of carbonyl (C=O) groups excluding carboxylic acids is 2. The zero-order valence-corrected chi connectivity index (χ0v) is 37.9. The molecular weight excluding hydrogens is 914 g/mol. The molecule has 2 aliphatic rings. The lowest BCUT2D eigenvalue weighted by Gasteiger charge is -2.36. The van der Waals surface area contributed by atoms with Crippen LogP contribution in [0.2, 0.25) is 10.0 Å². The molecule has 14 nitrogen and oxygen atoms in total. The second kappa shape index (κ2) is 18.9. The van der Waals surface area contributed by atoms with Crippen LogP contribution in [-0.2, 0) is 50.4 Å². The van der Waals surface area contributed by atoms with E-state index in [-0.39, 0.29) is 47.6 Å². The van der Waals surface area contributed by atoms with E-state index in [1.54, 1.807) is 48.5 Å². The number of hydrogen-bond donors (Lipinski definition) is 3. The molecule has 2 amide bonds. The number of carbonyl (C=O) groups is 3. The molecule has 1 unspecified atom stereocenters. The lowest BCUT2D eigenvalue weighted by atomic mass is 9.94. The molecule has 65 heavy (non-hydrogen) atoms. The van der Waals surface area contributed by atoms with E-state index in [0.29, 0.717) is 49.5 Å². The van der Waals surface area contributed by atoms with Gasteiger partial charge >= 0.3 is 5.97 Å². The number of halogens is 2. The van der Waals surface area contributed by atoms with Gasteiger partial charge < -0.3 is 30.0 Å². The normalized spacial score (nSPS) is 16.1. The first-order chi connectivity index (χ1) is 31.1. The first kappa shape index (κ1) is 45.1. The number of sulfonamides is 1. The average Bonchev–Trinajstić information content (AvgIpc) is 3.67. The van der Waals surface area contributed by atoms with Crippen molar-refractivity contribution in [3.05, 3.63) is 152 Å². The van der Waals surface area contributed by atoms with Gasteiger partial charge in [0.1, 0.15) is 31.0 Å². The predicted octanol–water partition coefficient (Wildman–Crippen LogP) is 8.27. The number of ether oxygens (including phenoxy) is 3. The lowest BCUT2D eigenvalue weighted by Crippen LogP contribution is -2.55. The van der Waals surface area contributed by atoms with E-state index in [1.807, 2.05) is 54.6 Å². The number of nitrogens with one attached hydrogen (secondary N) is 2. The van der Waals surface area contributed by atoms with Gasteiger partial charge in [-0.15, -0.1) is 0 Å². The van der Waals surface area contributed by atoms with Crippen molar-refractivity contribution in [2.24, 2.45) is 0 Å². The molecule has 5 aromatic carbocycles. The number of thiazole rings is 1. The number of benzene rings is 5. The third-order valence-corrected chi connectivity index (χ3v) is 15.1. The third-order valence-electron chi connectivity index (χ3n) is 10.9. The molecule has 0 aliphatic carbocycles. The highest BCUT2D eigenvalue weighted by molar-refractivity contribution is 7.91. The lowest BCUT2D eigenvalue weighted by molar-refractivity contribution is -0.142. The summed E-state index contributed by atoms with van der Waals surface area (Å²) in [5.74, 6) is -1.16. The Hall–Kier alpha value is -6.48. The number of fused-ring (bicyclic) bond motifs is 2. The van der Waals surface area contributed by atoms with Crippen molar-refractivity contribution in [1.82, 2.24) is 14.6 Å². The molecule has 3 atom stereocenters. The number of nitrogens with zero attached hydrogens (tertiary/aromatic N) is 3. The minimum absolute atomic E-state index is 0.0693. The Morgan fingerprint density at radius 1 is 0.938 bits per heavy atom.